The van der Waals surface area contributed by atoms with Crippen LogP contribution in [0.4, 0.5) is 0 Å². The van der Waals surface area contributed by atoms with E-state index < -0.39 is 5.54 Å². The normalized spacial score (nSPS) is 21.6. The molecule has 21 heavy (non-hydrogen) atoms. The van der Waals surface area contributed by atoms with Gasteiger partial charge < -0.3 is 4.74 Å². The molecule has 2 rings (SSSR count). The molecule has 0 heterocycles. The zero-order valence-corrected chi connectivity index (χ0v) is 14.2. The van der Waals surface area contributed by atoms with Gasteiger partial charge in [-0.2, -0.15) is 0 Å². The molecule has 0 saturated heterocycles. The largest absolute Gasteiger partial charge is 0.468 e. The van der Waals surface area contributed by atoms with Crippen LogP contribution >= 0.6 is 0 Å². The van der Waals surface area contributed by atoms with Gasteiger partial charge in [-0.3, -0.25) is 10.2 Å². The second-order valence-electron chi connectivity index (χ2n) is 7.09. The lowest BCUT2D eigenvalue weighted by atomic mass is 9.90. The van der Waals surface area contributed by atoms with Gasteiger partial charge in [-0.25, -0.2) is 4.79 Å². The molecule has 1 unspecified atom stereocenters. The average Bonchev–Trinajstić information content (AvgIpc) is 3.30. The van der Waals surface area contributed by atoms with Crippen LogP contribution in [0, 0.1) is 5.92 Å². The van der Waals surface area contributed by atoms with Crippen molar-refractivity contribution < 1.29 is 9.53 Å². The molecule has 122 valence electrons. The van der Waals surface area contributed by atoms with E-state index in [1.165, 1.54) is 32.8 Å². The summed E-state index contributed by atoms with van der Waals surface area (Å²) in [5.74, 6) is 0.371. The SMILES string of the molecule is CCCCN(CC(NC(C)C)(C(=O)OC)C1CC1)C1CC1. The molecular formula is C17H32N2O2. The van der Waals surface area contributed by atoms with Crippen molar-refractivity contribution in [1.29, 1.82) is 0 Å². The highest BCUT2D eigenvalue weighted by atomic mass is 16.5. The number of rotatable bonds is 10. The van der Waals surface area contributed by atoms with Crippen LogP contribution in [0.5, 0.6) is 0 Å². The molecule has 2 saturated carbocycles. The number of unbranched alkanes of at least 4 members (excludes halogenated alkanes) is 1. The summed E-state index contributed by atoms with van der Waals surface area (Å²) in [5, 5.41) is 3.58. The molecule has 1 N–H and O–H groups in total. The number of methoxy groups -OCH3 is 1. The predicted molar refractivity (Wildman–Crippen MR) is 85.2 cm³/mol. The molecule has 0 amide bonds. The Hall–Kier alpha value is -0.610. The number of esters is 1. The highest BCUT2D eigenvalue weighted by molar-refractivity contribution is 5.82. The molecule has 0 aliphatic heterocycles. The molecule has 0 bridgehead atoms. The van der Waals surface area contributed by atoms with Crippen LogP contribution in [0.15, 0.2) is 0 Å². The van der Waals surface area contributed by atoms with Crippen LogP contribution < -0.4 is 5.32 Å². The maximum absolute atomic E-state index is 12.6. The fourth-order valence-electron chi connectivity index (χ4n) is 3.37. The summed E-state index contributed by atoms with van der Waals surface area (Å²) in [6.07, 6.45) is 7.26. The minimum atomic E-state index is -0.501. The summed E-state index contributed by atoms with van der Waals surface area (Å²) in [4.78, 5) is 15.1. The first-order valence-corrected chi connectivity index (χ1v) is 8.63. The van der Waals surface area contributed by atoms with E-state index in [9.17, 15) is 4.79 Å². The summed E-state index contributed by atoms with van der Waals surface area (Å²) in [7, 11) is 1.52. The number of nitrogens with one attached hydrogen (secondary N) is 1. The van der Waals surface area contributed by atoms with E-state index in [0.29, 0.717) is 12.0 Å². The molecule has 0 spiro atoms. The van der Waals surface area contributed by atoms with Gasteiger partial charge in [0.2, 0.25) is 0 Å². The molecule has 0 aromatic carbocycles. The molecule has 2 fully saturated rings. The molecular weight excluding hydrogens is 264 g/mol. The molecule has 4 nitrogen and oxygen atoms in total. The Labute approximate surface area is 129 Å². The van der Waals surface area contributed by atoms with Gasteiger partial charge in [0.15, 0.2) is 0 Å². The molecule has 1 atom stereocenters. The summed E-state index contributed by atoms with van der Waals surface area (Å²) >= 11 is 0. The smallest absolute Gasteiger partial charge is 0.327 e. The van der Waals surface area contributed by atoms with Gasteiger partial charge in [0.1, 0.15) is 5.54 Å². The molecule has 0 aromatic heterocycles. The Balaban J connectivity index is 2.14. The third kappa shape index (κ3) is 4.19. The minimum absolute atomic E-state index is 0.0687. The van der Waals surface area contributed by atoms with Crippen molar-refractivity contribution in [3.63, 3.8) is 0 Å². The van der Waals surface area contributed by atoms with Crippen molar-refractivity contribution in [3.05, 3.63) is 0 Å². The molecule has 2 aliphatic carbocycles. The minimum Gasteiger partial charge on any atom is -0.468 e. The first kappa shape index (κ1) is 16.8. The van der Waals surface area contributed by atoms with Crippen molar-refractivity contribution >= 4 is 5.97 Å². The van der Waals surface area contributed by atoms with Gasteiger partial charge in [-0.15, -0.1) is 0 Å². The first-order chi connectivity index (χ1) is 10.0. The van der Waals surface area contributed by atoms with Gasteiger partial charge in [0.25, 0.3) is 0 Å². The van der Waals surface area contributed by atoms with Gasteiger partial charge in [0, 0.05) is 18.6 Å². The van der Waals surface area contributed by atoms with E-state index in [4.69, 9.17) is 4.74 Å². The van der Waals surface area contributed by atoms with Gasteiger partial charge >= 0.3 is 5.97 Å². The fraction of sp³-hybridized carbons (Fsp3) is 0.941. The maximum Gasteiger partial charge on any atom is 0.327 e. The summed E-state index contributed by atoms with van der Waals surface area (Å²) < 4.78 is 5.20. The van der Waals surface area contributed by atoms with E-state index in [2.05, 4.69) is 31.0 Å². The second kappa shape index (κ2) is 7.10. The third-order valence-corrected chi connectivity index (χ3v) is 4.68. The van der Waals surface area contributed by atoms with Gasteiger partial charge in [-0.1, -0.05) is 13.3 Å². The summed E-state index contributed by atoms with van der Waals surface area (Å²) in [5.41, 5.74) is -0.501. The Morgan fingerprint density at radius 1 is 1.33 bits per heavy atom. The average molecular weight is 296 g/mol. The van der Waals surface area contributed by atoms with E-state index in [-0.39, 0.29) is 12.0 Å². The highest BCUT2D eigenvalue weighted by Gasteiger charge is 2.53. The zero-order chi connectivity index (χ0) is 15.5. The Bertz CT molecular complexity index is 351. The molecule has 2 aliphatic rings. The van der Waals surface area contributed by atoms with E-state index >= 15 is 0 Å². The lowest BCUT2D eigenvalue weighted by molar-refractivity contribution is -0.151. The van der Waals surface area contributed by atoms with E-state index in [0.717, 1.165) is 25.9 Å². The standard InChI is InChI=1S/C17H32N2O2/c1-5-6-11-19(15-9-10-15)12-17(14-7-8-14,16(20)21-4)18-13(2)3/h13-15,18H,5-12H2,1-4H3. The zero-order valence-electron chi connectivity index (χ0n) is 14.2. The van der Waals surface area contributed by atoms with Gasteiger partial charge in [-0.05, 0) is 58.4 Å². The van der Waals surface area contributed by atoms with Crippen molar-refractivity contribution in [2.24, 2.45) is 5.92 Å². The van der Waals surface area contributed by atoms with Crippen molar-refractivity contribution in [2.75, 3.05) is 20.2 Å². The lowest BCUT2D eigenvalue weighted by Crippen LogP contribution is -2.63. The monoisotopic (exact) mass is 296 g/mol. The highest BCUT2D eigenvalue weighted by Crippen LogP contribution is 2.42. The number of hydrogen-bond donors (Lipinski definition) is 1. The second-order valence-corrected chi connectivity index (χ2v) is 7.09. The van der Waals surface area contributed by atoms with Crippen LogP contribution in [0.2, 0.25) is 0 Å². The van der Waals surface area contributed by atoms with Crippen LogP contribution in [0.1, 0.15) is 59.3 Å². The maximum atomic E-state index is 12.6. The van der Waals surface area contributed by atoms with E-state index in [1.54, 1.807) is 0 Å². The first-order valence-electron chi connectivity index (χ1n) is 8.63. The number of carbonyl (C=O) groups is 1. The number of ether oxygens (including phenoxy) is 1. The number of nitrogens with zero attached hydrogens (tertiary/aromatic N) is 1. The summed E-state index contributed by atoms with van der Waals surface area (Å²) in [6.45, 7) is 8.38. The molecule has 0 aromatic rings. The van der Waals surface area contributed by atoms with Crippen molar-refractivity contribution in [2.45, 2.75) is 76.9 Å². The Morgan fingerprint density at radius 3 is 2.43 bits per heavy atom. The number of hydrogen-bond acceptors (Lipinski definition) is 4. The van der Waals surface area contributed by atoms with Crippen molar-refractivity contribution in [1.82, 2.24) is 10.2 Å². The lowest BCUT2D eigenvalue weighted by Gasteiger charge is -2.39. The predicted octanol–water partition coefficient (Wildman–Crippen LogP) is 2.57. The summed E-state index contributed by atoms with van der Waals surface area (Å²) in [6, 6.07) is 0.977. The van der Waals surface area contributed by atoms with Crippen LogP contribution in [0.25, 0.3) is 0 Å². The fourth-order valence-corrected chi connectivity index (χ4v) is 3.37. The van der Waals surface area contributed by atoms with Crippen LogP contribution in [-0.2, 0) is 9.53 Å². The Morgan fingerprint density at radius 2 is 2.00 bits per heavy atom. The number of carbonyl (C=O) groups excluding carboxylic acids is 1. The molecule has 4 heteroatoms. The Kier molecular flexibility index (Phi) is 5.67. The van der Waals surface area contributed by atoms with Crippen LogP contribution in [0.3, 0.4) is 0 Å². The van der Waals surface area contributed by atoms with Crippen LogP contribution in [-0.4, -0.2) is 48.7 Å². The third-order valence-electron chi connectivity index (χ3n) is 4.68. The quantitative estimate of drug-likeness (QED) is 0.629. The molecule has 0 radical (unpaired) electrons. The van der Waals surface area contributed by atoms with Crippen molar-refractivity contribution in [3.8, 4) is 0 Å². The topological polar surface area (TPSA) is 41.6 Å². The van der Waals surface area contributed by atoms with E-state index in [1.807, 2.05) is 0 Å². The van der Waals surface area contributed by atoms with Gasteiger partial charge in [0.05, 0.1) is 7.11 Å².